The van der Waals surface area contributed by atoms with Gasteiger partial charge in [0.15, 0.2) is 0 Å². The fraction of sp³-hybridized carbons (Fsp3) is 0. The van der Waals surface area contributed by atoms with Crippen LogP contribution in [-0.2, 0) is 20.2 Å². The first kappa shape index (κ1) is 17.4. The van der Waals surface area contributed by atoms with Crippen LogP contribution in [0.5, 0.6) is 0 Å². The Morgan fingerprint density at radius 2 is 1.60 bits per heavy atom. The molecule has 20 heavy (non-hydrogen) atoms. The Balaban J connectivity index is 0.00000200. The molecule has 0 heterocycles. The molecular formula is C10H8NNaO6S2. The Kier molecular flexibility index (Phi) is 4.87. The summed E-state index contributed by atoms with van der Waals surface area (Å²) in [5.41, 5.74) is 5.35. The molecule has 0 unspecified atom stereocenters. The van der Waals surface area contributed by atoms with E-state index in [2.05, 4.69) is 0 Å². The molecule has 2 aromatic rings. The van der Waals surface area contributed by atoms with Crippen LogP contribution in [0.3, 0.4) is 0 Å². The normalized spacial score (nSPS) is 12.1. The molecule has 0 aromatic heterocycles. The molecule has 0 spiro atoms. The number of rotatable bonds is 2. The van der Waals surface area contributed by atoms with Gasteiger partial charge < -0.3 is 10.3 Å². The van der Waals surface area contributed by atoms with Crippen molar-refractivity contribution in [3.8, 4) is 0 Å². The van der Waals surface area contributed by atoms with Crippen molar-refractivity contribution in [3.63, 3.8) is 0 Å². The van der Waals surface area contributed by atoms with Crippen molar-refractivity contribution < 1.29 is 55.5 Å². The summed E-state index contributed by atoms with van der Waals surface area (Å²) < 4.78 is 64.9. The van der Waals surface area contributed by atoms with E-state index < -0.39 is 30.0 Å². The fourth-order valence-electron chi connectivity index (χ4n) is 1.78. The molecule has 0 atom stereocenters. The van der Waals surface area contributed by atoms with E-state index >= 15 is 0 Å². The van der Waals surface area contributed by atoms with Gasteiger partial charge in [-0.15, -0.1) is 0 Å². The van der Waals surface area contributed by atoms with Crippen molar-refractivity contribution in [1.29, 1.82) is 0 Å². The predicted molar refractivity (Wildman–Crippen MR) is 66.1 cm³/mol. The fourth-order valence-corrected chi connectivity index (χ4v) is 3.20. The van der Waals surface area contributed by atoms with Crippen LogP contribution in [0.1, 0.15) is 0 Å². The van der Waals surface area contributed by atoms with Gasteiger partial charge in [-0.3, -0.25) is 4.55 Å². The molecule has 2 aromatic carbocycles. The average molecular weight is 325 g/mol. The number of anilines is 1. The minimum atomic E-state index is -4.82. The first-order chi connectivity index (χ1) is 8.60. The minimum absolute atomic E-state index is 0. The standard InChI is InChI=1S/C10H9NO6S2.Na/c11-6-4-8-7(10(5-6)19(15,16)17)2-1-3-9(8)18(12,13)14;/h1-5H,11H2,(H,12,13,14)(H,15,16,17);/q;+1/p-1. The second-order valence-corrected chi connectivity index (χ2v) is 6.54. The second kappa shape index (κ2) is 5.60. The number of fused-ring (bicyclic) bond motifs is 1. The Bertz CT molecular complexity index is 876. The molecule has 0 saturated carbocycles. The van der Waals surface area contributed by atoms with Crippen LogP contribution in [0.25, 0.3) is 10.8 Å². The monoisotopic (exact) mass is 325 g/mol. The zero-order chi connectivity index (χ0) is 14.4. The van der Waals surface area contributed by atoms with Gasteiger partial charge in [-0.25, -0.2) is 8.42 Å². The molecule has 7 nitrogen and oxygen atoms in total. The molecular weight excluding hydrogens is 317 g/mol. The van der Waals surface area contributed by atoms with Gasteiger partial charge in [-0.05, 0) is 18.2 Å². The van der Waals surface area contributed by atoms with Crippen molar-refractivity contribution in [1.82, 2.24) is 0 Å². The van der Waals surface area contributed by atoms with Crippen LogP contribution in [0.2, 0.25) is 0 Å². The van der Waals surface area contributed by atoms with Gasteiger partial charge in [-0.1, -0.05) is 12.1 Å². The maximum Gasteiger partial charge on any atom is 1.00 e. The van der Waals surface area contributed by atoms with Gasteiger partial charge in [0, 0.05) is 16.5 Å². The summed E-state index contributed by atoms with van der Waals surface area (Å²) in [5.74, 6) is 0. The number of hydrogen-bond donors (Lipinski definition) is 2. The van der Waals surface area contributed by atoms with E-state index in [1.54, 1.807) is 0 Å². The number of hydrogen-bond acceptors (Lipinski definition) is 6. The topological polar surface area (TPSA) is 138 Å². The average Bonchev–Trinajstić information content (AvgIpc) is 2.24. The van der Waals surface area contributed by atoms with Gasteiger partial charge >= 0.3 is 29.6 Å². The molecule has 2 rings (SSSR count). The zero-order valence-electron chi connectivity index (χ0n) is 10.3. The van der Waals surface area contributed by atoms with Crippen molar-refractivity contribution in [3.05, 3.63) is 30.3 Å². The van der Waals surface area contributed by atoms with Crippen LogP contribution >= 0.6 is 0 Å². The van der Waals surface area contributed by atoms with Crippen LogP contribution in [0.4, 0.5) is 5.69 Å². The van der Waals surface area contributed by atoms with Crippen molar-refractivity contribution in [2.45, 2.75) is 9.79 Å². The van der Waals surface area contributed by atoms with E-state index in [0.29, 0.717) is 0 Å². The van der Waals surface area contributed by atoms with Gasteiger partial charge in [0.1, 0.15) is 15.0 Å². The zero-order valence-corrected chi connectivity index (χ0v) is 13.9. The number of nitrogens with two attached hydrogens (primary N) is 1. The third-order valence-corrected chi connectivity index (χ3v) is 4.28. The predicted octanol–water partition coefficient (Wildman–Crippen LogP) is -2.42. The summed E-state index contributed by atoms with van der Waals surface area (Å²) in [6.07, 6.45) is 0. The maximum absolute atomic E-state index is 11.2. The molecule has 0 saturated heterocycles. The number of nitrogen functional groups attached to an aromatic ring is 1. The van der Waals surface area contributed by atoms with E-state index in [1.165, 1.54) is 18.2 Å². The van der Waals surface area contributed by atoms with Crippen LogP contribution < -0.4 is 35.3 Å². The molecule has 10 heteroatoms. The van der Waals surface area contributed by atoms with E-state index in [-0.39, 0.29) is 46.0 Å². The Hall–Kier alpha value is -0.680. The van der Waals surface area contributed by atoms with Gasteiger partial charge in [0.05, 0.1) is 4.90 Å². The van der Waals surface area contributed by atoms with Crippen LogP contribution in [-0.4, -0.2) is 25.9 Å². The summed E-state index contributed by atoms with van der Waals surface area (Å²) in [5, 5.41) is -0.237. The van der Waals surface area contributed by atoms with Crippen molar-refractivity contribution >= 4 is 36.7 Å². The van der Waals surface area contributed by atoms with Crippen LogP contribution in [0, 0.1) is 0 Å². The van der Waals surface area contributed by atoms with E-state index in [4.69, 9.17) is 10.3 Å². The first-order valence-electron chi connectivity index (χ1n) is 4.86. The Labute approximate surface area is 137 Å². The van der Waals surface area contributed by atoms with E-state index in [0.717, 1.165) is 12.1 Å². The van der Waals surface area contributed by atoms with E-state index in [9.17, 15) is 21.4 Å². The molecule has 0 fully saturated rings. The third kappa shape index (κ3) is 3.31. The number of benzene rings is 2. The largest absolute Gasteiger partial charge is 1.00 e. The third-order valence-electron chi connectivity index (χ3n) is 2.49. The van der Waals surface area contributed by atoms with Crippen LogP contribution in [0.15, 0.2) is 40.1 Å². The second-order valence-electron chi connectivity index (χ2n) is 3.80. The molecule has 0 aliphatic heterocycles. The summed E-state index contributed by atoms with van der Waals surface area (Å²) in [4.78, 5) is -1.14. The summed E-state index contributed by atoms with van der Waals surface area (Å²) in [6, 6.07) is 5.68. The quantitative estimate of drug-likeness (QED) is 0.356. The SMILES string of the molecule is Nc1cc(S(=O)(=O)[O-])c2cccc(S(=O)(=O)O)c2c1.[Na+]. The summed E-state index contributed by atoms with van der Waals surface area (Å²) in [7, 11) is -9.38. The molecule has 102 valence electrons. The Morgan fingerprint density at radius 3 is 2.10 bits per heavy atom. The van der Waals surface area contributed by atoms with E-state index in [1.807, 2.05) is 0 Å². The maximum atomic E-state index is 11.2. The van der Waals surface area contributed by atoms with Crippen molar-refractivity contribution in [2.75, 3.05) is 5.73 Å². The Morgan fingerprint density at radius 1 is 1.00 bits per heavy atom. The van der Waals surface area contributed by atoms with Gasteiger partial charge in [-0.2, -0.15) is 8.42 Å². The first-order valence-corrected chi connectivity index (χ1v) is 7.71. The molecule has 0 radical (unpaired) electrons. The molecule has 0 aliphatic carbocycles. The smallest absolute Gasteiger partial charge is 0.744 e. The summed E-state index contributed by atoms with van der Waals surface area (Å²) in [6.45, 7) is 0. The van der Waals surface area contributed by atoms with Crippen molar-refractivity contribution in [2.24, 2.45) is 0 Å². The van der Waals surface area contributed by atoms with Gasteiger partial charge in [0.25, 0.3) is 10.1 Å². The molecule has 0 amide bonds. The molecule has 3 N–H and O–H groups in total. The molecule has 0 bridgehead atoms. The summed E-state index contributed by atoms with van der Waals surface area (Å²) >= 11 is 0. The molecule has 0 aliphatic rings. The van der Waals surface area contributed by atoms with Gasteiger partial charge in [0.2, 0.25) is 0 Å². The minimum Gasteiger partial charge on any atom is -0.744 e.